The molecule has 8 heteroatoms. The highest BCUT2D eigenvalue weighted by molar-refractivity contribution is 6.00. The molecule has 0 heterocycles. The molecular weight excluding hydrogens is 540 g/mol. The number of hydrogen-bond acceptors (Lipinski definition) is 5. The van der Waals surface area contributed by atoms with Crippen molar-refractivity contribution in [3.8, 4) is 6.07 Å². The first kappa shape index (κ1) is 30.8. The van der Waals surface area contributed by atoms with Gasteiger partial charge in [-0.2, -0.15) is 5.26 Å². The minimum absolute atomic E-state index is 0.133. The first-order valence-electron chi connectivity index (χ1n) is 14.1. The van der Waals surface area contributed by atoms with Crippen molar-refractivity contribution >= 4 is 34.4 Å². The number of rotatable bonds is 9. The summed E-state index contributed by atoms with van der Waals surface area (Å²) < 4.78 is 5.46. The molecule has 0 saturated carbocycles. The fourth-order valence-corrected chi connectivity index (χ4v) is 4.89. The Morgan fingerprint density at radius 3 is 2.21 bits per heavy atom. The average molecular weight is 577 g/mol. The molecule has 0 aliphatic rings. The van der Waals surface area contributed by atoms with Gasteiger partial charge in [0.25, 0.3) is 5.91 Å². The van der Waals surface area contributed by atoms with Crippen LogP contribution in [-0.2, 0) is 20.7 Å². The molecule has 3 amide bonds. The SMILES string of the molecule is Cc1ccccc1C(C(=O)Nc1ccc2ccccc2c1)N(CC#N)C(=O)C(Cc1ccccc1)NC(=O)OC(C)(C)C. The second-order valence-corrected chi connectivity index (χ2v) is 11.3. The van der Waals surface area contributed by atoms with Crippen LogP contribution in [0.5, 0.6) is 0 Å². The van der Waals surface area contributed by atoms with E-state index in [0.717, 1.165) is 21.9 Å². The van der Waals surface area contributed by atoms with Crippen molar-refractivity contribution in [2.24, 2.45) is 0 Å². The molecule has 220 valence electrons. The Morgan fingerprint density at radius 1 is 0.884 bits per heavy atom. The number of benzene rings is 4. The minimum Gasteiger partial charge on any atom is -0.444 e. The first-order valence-corrected chi connectivity index (χ1v) is 14.1. The van der Waals surface area contributed by atoms with E-state index in [2.05, 4.69) is 16.7 Å². The Morgan fingerprint density at radius 2 is 1.53 bits per heavy atom. The predicted octanol–water partition coefficient (Wildman–Crippen LogP) is 6.32. The molecular formula is C35H36N4O4. The Bertz CT molecular complexity index is 1640. The normalized spacial score (nSPS) is 12.4. The van der Waals surface area contributed by atoms with E-state index in [1.165, 1.54) is 4.90 Å². The maximum atomic E-state index is 14.3. The van der Waals surface area contributed by atoms with E-state index in [0.29, 0.717) is 11.3 Å². The van der Waals surface area contributed by atoms with Crippen LogP contribution in [0, 0.1) is 18.3 Å². The number of nitrogens with zero attached hydrogens (tertiary/aromatic N) is 2. The van der Waals surface area contributed by atoms with Crippen molar-refractivity contribution in [1.29, 1.82) is 5.26 Å². The van der Waals surface area contributed by atoms with E-state index < -0.39 is 35.6 Å². The van der Waals surface area contributed by atoms with Crippen LogP contribution in [0.4, 0.5) is 10.5 Å². The van der Waals surface area contributed by atoms with E-state index in [9.17, 15) is 19.6 Å². The number of amides is 3. The van der Waals surface area contributed by atoms with Crippen LogP contribution in [0.25, 0.3) is 10.8 Å². The third kappa shape index (κ3) is 8.20. The van der Waals surface area contributed by atoms with Crippen LogP contribution < -0.4 is 10.6 Å². The lowest BCUT2D eigenvalue weighted by atomic mass is 9.97. The average Bonchev–Trinajstić information content (AvgIpc) is 2.96. The summed E-state index contributed by atoms with van der Waals surface area (Å²) in [6.07, 6.45) is -0.639. The summed E-state index contributed by atoms with van der Waals surface area (Å²) in [5.74, 6) is -1.07. The number of hydrogen-bond donors (Lipinski definition) is 2. The standard InChI is InChI=1S/C35H36N4O4/c1-24-12-8-11-17-29(24)31(32(40)37-28-19-18-26-15-9-10-16-27(26)23-28)39(21-20-36)33(41)30(22-25-13-6-5-7-14-25)38-34(42)43-35(2,3)4/h5-19,23,30-31H,21-22H2,1-4H3,(H,37,40)(H,38,42). The molecule has 2 N–H and O–H groups in total. The molecule has 0 radical (unpaired) electrons. The van der Waals surface area contributed by atoms with Crippen molar-refractivity contribution in [3.63, 3.8) is 0 Å². The molecule has 2 atom stereocenters. The number of nitrogens with one attached hydrogen (secondary N) is 2. The molecule has 43 heavy (non-hydrogen) atoms. The first-order chi connectivity index (χ1) is 20.6. The Balaban J connectivity index is 1.73. The van der Waals surface area contributed by atoms with Crippen molar-refractivity contribution < 1.29 is 19.1 Å². The summed E-state index contributed by atoms with van der Waals surface area (Å²) in [6.45, 7) is 6.65. The minimum atomic E-state index is -1.15. The molecule has 4 aromatic carbocycles. The Labute approximate surface area is 252 Å². The number of anilines is 1. The zero-order chi connectivity index (χ0) is 31.0. The van der Waals surface area contributed by atoms with E-state index in [1.54, 1.807) is 39.0 Å². The molecule has 0 saturated heterocycles. The van der Waals surface area contributed by atoms with Crippen LogP contribution in [0.15, 0.2) is 97.1 Å². The molecule has 8 nitrogen and oxygen atoms in total. The Hall–Kier alpha value is -5.16. The molecule has 4 rings (SSSR count). The fraction of sp³-hybridized carbons (Fsp3) is 0.257. The van der Waals surface area contributed by atoms with Gasteiger partial charge in [0.2, 0.25) is 5.91 Å². The number of fused-ring (bicyclic) bond motifs is 1. The van der Waals surface area contributed by atoms with Gasteiger partial charge in [0.15, 0.2) is 0 Å². The van der Waals surface area contributed by atoms with Gasteiger partial charge < -0.3 is 20.3 Å². The third-order valence-corrected chi connectivity index (χ3v) is 6.86. The van der Waals surface area contributed by atoms with Gasteiger partial charge >= 0.3 is 6.09 Å². The zero-order valence-electron chi connectivity index (χ0n) is 24.8. The van der Waals surface area contributed by atoms with Crippen LogP contribution >= 0.6 is 0 Å². The number of ether oxygens (including phenoxy) is 1. The predicted molar refractivity (Wildman–Crippen MR) is 167 cm³/mol. The van der Waals surface area contributed by atoms with Crippen molar-refractivity contribution in [1.82, 2.24) is 10.2 Å². The Kier molecular flexibility index (Phi) is 9.79. The maximum absolute atomic E-state index is 14.3. The number of nitriles is 1. The van der Waals surface area contributed by atoms with Crippen LogP contribution in [-0.4, -0.2) is 41.0 Å². The fourth-order valence-electron chi connectivity index (χ4n) is 4.89. The maximum Gasteiger partial charge on any atom is 0.408 e. The zero-order valence-corrected chi connectivity index (χ0v) is 24.8. The summed E-state index contributed by atoms with van der Waals surface area (Å²) in [6, 6.07) is 29.6. The van der Waals surface area contributed by atoms with Gasteiger partial charge in [-0.1, -0.05) is 84.9 Å². The van der Waals surface area contributed by atoms with E-state index in [1.807, 2.05) is 85.8 Å². The van der Waals surface area contributed by atoms with E-state index >= 15 is 0 Å². The molecule has 0 aliphatic heterocycles. The van der Waals surface area contributed by atoms with Gasteiger partial charge in [-0.3, -0.25) is 9.59 Å². The molecule has 2 unspecified atom stereocenters. The highest BCUT2D eigenvalue weighted by atomic mass is 16.6. The molecule has 0 aromatic heterocycles. The summed E-state index contributed by atoms with van der Waals surface area (Å²) in [5, 5.41) is 17.5. The molecule has 4 aromatic rings. The van der Waals surface area contributed by atoms with Gasteiger partial charge in [-0.05, 0) is 67.3 Å². The lowest BCUT2D eigenvalue weighted by molar-refractivity contribution is -0.140. The monoisotopic (exact) mass is 576 g/mol. The molecule has 0 bridgehead atoms. The second-order valence-electron chi connectivity index (χ2n) is 11.3. The van der Waals surface area contributed by atoms with Crippen molar-refractivity contribution in [3.05, 3.63) is 114 Å². The number of carbonyl (C=O) groups is 3. The largest absolute Gasteiger partial charge is 0.444 e. The lowest BCUT2D eigenvalue weighted by Gasteiger charge is -2.33. The molecule has 0 fully saturated rings. The lowest BCUT2D eigenvalue weighted by Crippen LogP contribution is -2.53. The molecule has 0 spiro atoms. The second kappa shape index (κ2) is 13.7. The number of carbonyl (C=O) groups excluding carboxylic acids is 3. The van der Waals surface area contributed by atoms with Crippen LogP contribution in [0.2, 0.25) is 0 Å². The van der Waals surface area contributed by atoms with E-state index in [4.69, 9.17) is 4.74 Å². The summed E-state index contributed by atoms with van der Waals surface area (Å²) in [5.41, 5.74) is 1.90. The van der Waals surface area contributed by atoms with Gasteiger partial charge in [0.1, 0.15) is 24.2 Å². The summed E-state index contributed by atoms with van der Waals surface area (Å²) >= 11 is 0. The number of alkyl carbamates (subject to hydrolysis) is 1. The third-order valence-electron chi connectivity index (χ3n) is 6.86. The summed E-state index contributed by atoms with van der Waals surface area (Å²) in [4.78, 5) is 42.5. The van der Waals surface area contributed by atoms with Crippen LogP contribution in [0.3, 0.4) is 0 Å². The van der Waals surface area contributed by atoms with Crippen LogP contribution in [0.1, 0.15) is 43.5 Å². The quantitative estimate of drug-likeness (QED) is 0.227. The van der Waals surface area contributed by atoms with E-state index in [-0.39, 0.29) is 13.0 Å². The highest BCUT2D eigenvalue weighted by Gasteiger charge is 2.37. The van der Waals surface area contributed by atoms with Gasteiger partial charge in [-0.15, -0.1) is 0 Å². The molecule has 0 aliphatic carbocycles. The topological polar surface area (TPSA) is 112 Å². The van der Waals surface area contributed by atoms with Gasteiger partial charge in [-0.25, -0.2) is 4.79 Å². The number of aryl methyl sites for hydroxylation is 1. The van der Waals surface area contributed by atoms with Gasteiger partial charge in [0.05, 0.1) is 6.07 Å². The van der Waals surface area contributed by atoms with Gasteiger partial charge in [0, 0.05) is 12.1 Å². The highest BCUT2D eigenvalue weighted by Crippen LogP contribution is 2.28. The summed E-state index contributed by atoms with van der Waals surface area (Å²) in [7, 11) is 0. The van der Waals surface area contributed by atoms with Crippen molar-refractivity contribution in [2.75, 3.05) is 11.9 Å². The van der Waals surface area contributed by atoms with Crippen molar-refractivity contribution in [2.45, 2.75) is 51.8 Å². The smallest absolute Gasteiger partial charge is 0.408 e.